The monoisotopic (exact) mass is 434 g/mol. The molecule has 2 rings (SSSR count). The number of aliphatic imine (C=N–C) groups is 1. The van der Waals surface area contributed by atoms with Crippen LogP contribution in [-0.4, -0.2) is 37.3 Å². The first-order valence-corrected chi connectivity index (χ1v) is 7.97. The van der Waals surface area contributed by atoms with E-state index < -0.39 is 0 Å². The van der Waals surface area contributed by atoms with E-state index in [0.29, 0.717) is 18.4 Å². The third-order valence-corrected chi connectivity index (χ3v) is 3.37. The molecule has 1 aliphatic carbocycles. The van der Waals surface area contributed by atoms with Gasteiger partial charge >= 0.3 is 0 Å². The lowest BCUT2D eigenvalue weighted by atomic mass is 10.3. The summed E-state index contributed by atoms with van der Waals surface area (Å²) in [6.07, 6.45) is 5.26. The van der Waals surface area contributed by atoms with Gasteiger partial charge in [-0.25, -0.2) is 9.98 Å². The zero-order valence-corrected chi connectivity index (χ0v) is 16.0. The number of nitrogens with two attached hydrogens (primary N) is 1. The van der Waals surface area contributed by atoms with Crippen LogP contribution in [0.3, 0.4) is 0 Å². The van der Waals surface area contributed by atoms with Gasteiger partial charge < -0.3 is 20.5 Å². The fourth-order valence-electron chi connectivity index (χ4n) is 1.84. The van der Waals surface area contributed by atoms with Gasteiger partial charge in [-0.1, -0.05) is 6.07 Å². The maximum atomic E-state index is 5.81. The molecule has 6 nitrogen and oxygen atoms in total. The van der Waals surface area contributed by atoms with Crippen molar-refractivity contribution in [3.63, 3.8) is 0 Å². The molecule has 3 N–H and O–H groups in total. The number of hydrogen-bond acceptors (Lipinski definition) is 4. The van der Waals surface area contributed by atoms with E-state index in [2.05, 4.69) is 15.3 Å². The van der Waals surface area contributed by atoms with Crippen LogP contribution in [0.4, 0.5) is 0 Å². The summed E-state index contributed by atoms with van der Waals surface area (Å²) in [6, 6.07) is 3.86. The number of rotatable bonds is 10. The second-order valence-electron chi connectivity index (χ2n) is 5.44. The average molecular weight is 434 g/mol. The highest BCUT2D eigenvalue weighted by atomic mass is 127. The molecule has 130 valence electrons. The lowest BCUT2D eigenvalue weighted by molar-refractivity contribution is 0.145. The molecular weight excluding hydrogens is 407 g/mol. The molecule has 0 radical (unpaired) electrons. The van der Waals surface area contributed by atoms with Crippen molar-refractivity contribution >= 4 is 29.9 Å². The second kappa shape index (κ2) is 11.4. The minimum absolute atomic E-state index is 0. The van der Waals surface area contributed by atoms with E-state index in [-0.39, 0.29) is 24.0 Å². The van der Waals surface area contributed by atoms with E-state index in [1.54, 1.807) is 6.20 Å². The van der Waals surface area contributed by atoms with Crippen molar-refractivity contribution in [3.8, 4) is 5.88 Å². The number of pyridine rings is 1. The van der Waals surface area contributed by atoms with Crippen molar-refractivity contribution in [3.05, 3.63) is 23.9 Å². The number of hydrogen-bond donors (Lipinski definition) is 2. The largest absolute Gasteiger partial charge is 0.477 e. The minimum Gasteiger partial charge on any atom is -0.477 e. The highest BCUT2D eigenvalue weighted by Crippen LogP contribution is 2.29. The smallest absolute Gasteiger partial charge is 0.213 e. The Labute approximate surface area is 155 Å². The van der Waals surface area contributed by atoms with Gasteiger partial charge in [-0.15, -0.1) is 24.0 Å². The van der Waals surface area contributed by atoms with E-state index in [4.69, 9.17) is 15.2 Å². The Morgan fingerprint density at radius 1 is 1.43 bits per heavy atom. The number of halogens is 1. The van der Waals surface area contributed by atoms with Gasteiger partial charge in [0.2, 0.25) is 5.88 Å². The molecule has 0 atom stereocenters. The molecule has 0 unspecified atom stereocenters. The SMILES string of the molecule is CCOCCCNC(N)=NCc1ccc(OCC2CC2)nc1.I. The maximum Gasteiger partial charge on any atom is 0.213 e. The summed E-state index contributed by atoms with van der Waals surface area (Å²) < 4.78 is 10.9. The molecule has 0 spiro atoms. The molecule has 7 heteroatoms. The molecule has 0 aliphatic heterocycles. The van der Waals surface area contributed by atoms with Crippen LogP contribution >= 0.6 is 24.0 Å². The Kier molecular flexibility index (Phi) is 9.93. The first kappa shape index (κ1) is 20.0. The van der Waals surface area contributed by atoms with Crippen molar-refractivity contribution in [2.75, 3.05) is 26.4 Å². The third kappa shape index (κ3) is 8.95. The first-order valence-electron chi connectivity index (χ1n) is 7.97. The first-order chi connectivity index (χ1) is 10.8. The Bertz CT molecular complexity index is 464. The van der Waals surface area contributed by atoms with E-state index in [1.807, 2.05) is 19.1 Å². The molecular formula is C16H27IN4O2. The zero-order valence-electron chi connectivity index (χ0n) is 13.7. The molecule has 0 amide bonds. The van der Waals surface area contributed by atoms with E-state index in [1.165, 1.54) is 12.8 Å². The Morgan fingerprint density at radius 3 is 2.91 bits per heavy atom. The average Bonchev–Trinajstić information content (AvgIpc) is 3.36. The van der Waals surface area contributed by atoms with Crippen LogP contribution in [0, 0.1) is 5.92 Å². The molecule has 0 saturated heterocycles. The van der Waals surface area contributed by atoms with Crippen molar-refractivity contribution in [2.24, 2.45) is 16.6 Å². The molecule has 1 saturated carbocycles. The third-order valence-electron chi connectivity index (χ3n) is 3.37. The van der Waals surface area contributed by atoms with Crippen LogP contribution in [0.2, 0.25) is 0 Å². The summed E-state index contributed by atoms with van der Waals surface area (Å²) in [5, 5.41) is 3.07. The van der Waals surface area contributed by atoms with Gasteiger partial charge in [0.25, 0.3) is 0 Å². The maximum absolute atomic E-state index is 5.81. The van der Waals surface area contributed by atoms with Crippen molar-refractivity contribution in [2.45, 2.75) is 32.7 Å². The van der Waals surface area contributed by atoms with Crippen molar-refractivity contribution in [1.29, 1.82) is 0 Å². The summed E-state index contributed by atoms with van der Waals surface area (Å²) in [6.45, 7) is 5.53. The van der Waals surface area contributed by atoms with E-state index >= 15 is 0 Å². The predicted octanol–water partition coefficient (Wildman–Crippen LogP) is 2.32. The number of ether oxygens (including phenoxy) is 2. The van der Waals surface area contributed by atoms with Crippen LogP contribution in [0.25, 0.3) is 0 Å². The van der Waals surface area contributed by atoms with E-state index in [0.717, 1.165) is 44.3 Å². The summed E-state index contributed by atoms with van der Waals surface area (Å²) in [4.78, 5) is 8.57. The Morgan fingerprint density at radius 2 is 2.26 bits per heavy atom. The molecule has 0 bridgehead atoms. The van der Waals surface area contributed by atoms with Gasteiger partial charge in [-0.2, -0.15) is 0 Å². The predicted molar refractivity (Wildman–Crippen MR) is 102 cm³/mol. The van der Waals surface area contributed by atoms with Crippen LogP contribution in [0.1, 0.15) is 31.7 Å². The Hall–Kier alpha value is -1.09. The number of nitrogens with zero attached hydrogens (tertiary/aromatic N) is 2. The normalized spacial score (nSPS) is 14.2. The highest BCUT2D eigenvalue weighted by molar-refractivity contribution is 14.0. The van der Waals surface area contributed by atoms with Crippen LogP contribution in [-0.2, 0) is 11.3 Å². The lowest BCUT2D eigenvalue weighted by Gasteiger charge is -2.06. The van der Waals surface area contributed by atoms with Gasteiger partial charge in [0.1, 0.15) is 0 Å². The van der Waals surface area contributed by atoms with Crippen LogP contribution in [0.5, 0.6) is 5.88 Å². The fraction of sp³-hybridized carbons (Fsp3) is 0.625. The van der Waals surface area contributed by atoms with Gasteiger partial charge in [0.05, 0.1) is 13.2 Å². The fourth-order valence-corrected chi connectivity index (χ4v) is 1.84. The molecule has 1 aliphatic rings. The minimum atomic E-state index is 0. The molecule has 1 aromatic heterocycles. The molecule has 23 heavy (non-hydrogen) atoms. The van der Waals surface area contributed by atoms with Crippen molar-refractivity contribution in [1.82, 2.24) is 10.3 Å². The zero-order chi connectivity index (χ0) is 15.6. The molecule has 0 aromatic carbocycles. The van der Waals surface area contributed by atoms with Gasteiger partial charge in [-0.3, -0.25) is 0 Å². The number of guanidine groups is 1. The van der Waals surface area contributed by atoms with Crippen molar-refractivity contribution < 1.29 is 9.47 Å². The summed E-state index contributed by atoms with van der Waals surface area (Å²) in [5.41, 5.74) is 6.82. The molecule has 1 aromatic rings. The topological polar surface area (TPSA) is 81.8 Å². The summed E-state index contributed by atoms with van der Waals surface area (Å²) in [7, 11) is 0. The number of nitrogens with one attached hydrogen (secondary N) is 1. The summed E-state index contributed by atoms with van der Waals surface area (Å²) >= 11 is 0. The number of aromatic nitrogens is 1. The van der Waals surface area contributed by atoms with Gasteiger partial charge in [-0.05, 0) is 37.7 Å². The van der Waals surface area contributed by atoms with Crippen LogP contribution < -0.4 is 15.8 Å². The van der Waals surface area contributed by atoms with Gasteiger partial charge in [0, 0.05) is 32.0 Å². The van der Waals surface area contributed by atoms with Crippen LogP contribution in [0.15, 0.2) is 23.3 Å². The Balaban J connectivity index is 0.00000264. The lowest BCUT2D eigenvalue weighted by Crippen LogP contribution is -2.32. The highest BCUT2D eigenvalue weighted by Gasteiger charge is 2.21. The summed E-state index contributed by atoms with van der Waals surface area (Å²) in [5.74, 6) is 1.87. The van der Waals surface area contributed by atoms with Gasteiger partial charge in [0.15, 0.2) is 5.96 Å². The second-order valence-corrected chi connectivity index (χ2v) is 5.44. The quantitative estimate of drug-likeness (QED) is 0.256. The van der Waals surface area contributed by atoms with E-state index in [9.17, 15) is 0 Å². The molecule has 1 heterocycles. The standard InChI is InChI=1S/C16H26N4O2.HI/c1-2-21-9-3-8-18-16(17)20-11-14-6-7-15(19-10-14)22-12-13-4-5-13;/h6-7,10,13H,2-5,8-9,11-12H2,1H3,(H3,17,18,20);1H. The molecule has 1 fully saturated rings.